The van der Waals surface area contributed by atoms with Crippen LogP contribution in [0.3, 0.4) is 0 Å². The van der Waals surface area contributed by atoms with Gasteiger partial charge in [0.15, 0.2) is 0 Å². The van der Waals surface area contributed by atoms with E-state index in [9.17, 15) is 23.1 Å². The lowest BCUT2D eigenvalue weighted by atomic mass is 10.0. The summed E-state index contributed by atoms with van der Waals surface area (Å²) in [7, 11) is 0. The minimum atomic E-state index is -4.95. The van der Waals surface area contributed by atoms with Crippen LogP contribution in [0.4, 0.5) is 13.2 Å². The molecule has 0 fully saturated rings. The molecule has 4 nitrogen and oxygen atoms in total. The average molecular weight is 278 g/mol. The Morgan fingerprint density at radius 1 is 1.42 bits per heavy atom. The third-order valence-corrected chi connectivity index (χ3v) is 2.43. The molecule has 1 aromatic heterocycles. The molecule has 0 amide bonds. The topological polar surface area (TPSA) is 55.1 Å². The van der Waals surface area contributed by atoms with Crippen LogP contribution in [-0.2, 0) is 6.54 Å². The van der Waals surface area contributed by atoms with E-state index in [2.05, 4.69) is 5.10 Å². The van der Waals surface area contributed by atoms with Gasteiger partial charge in [0.05, 0.1) is 12.1 Å². The van der Waals surface area contributed by atoms with Crippen LogP contribution in [0.2, 0.25) is 0 Å². The number of rotatable bonds is 4. The van der Waals surface area contributed by atoms with E-state index in [1.807, 2.05) is 0 Å². The lowest BCUT2D eigenvalue weighted by molar-refractivity contribution is -0.0889. The maximum absolute atomic E-state index is 12.5. The monoisotopic (exact) mass is 278 g/mol. The van der Waals surface area contributed by atoms with Crippen molar-refractivity contribution in [2.75, 3.05) is 0 Å². The predicted molar refractivity (Wildman–Crippen MR) is 63.0 cm³/mol. The quantitative estimate of drug-likeness (QED) is 0.861. The number of ketones is 1. The van der Waals surface area contributed by atoms with Crippen LogP contribution in [0, 0.1) is 0 Å². The number of alkyl halides is 3. The van der Waals surface area contributed by atoms with E-state index in [0.717, 1.165) is 0 Å². The Balaban J connectivity index is 3.20. The SMILES string of the molecule is CC(C)c1cn(CC(C)(C)O)nc1C(=O)C(F)(F)F. The smallest absolute Gasteiger partial charge is 0.389 e. The molecule has 1 heterocycles. The molecule has 0 aliphatic heterocycles. The van der Waals surface area contributed by atoms with Crippen molar-refractivity contribution in [2.24, 2.45) is 0 Å². The largest absolute Gasteiger partial charge is 0.456 e. The van der Waals surface area contributed by atoms with Gasteiger partial charge in [-0.1, -0.05) is 13.8 Å². The van der Waals surface area contributed by atoms with Crippen molar-refractivity contribution in [2.45, 2.75) is 51.9 Å². The van der Waals surface area contributed by atoms with Gasteiger partial charge in [-0.05, 0) is 19.8 Å². The molecule has 1 N–H and O–H groups in total. The Morgan fingerprint density at radius 3 is 2.32 bits per heavy atom. The van der Waals surface area contributed by atoms with Gasteiger partial charge in [0, 0.05) is 11.8 Å². The van der Waals surface area contributed by atoms with Crippen LogP contribution < -0.4 is 0 Å². The van der Waals surface area contributed by atoms with Crippen molar-refractivity contribution in [3.8, 4) is 0 Å². The molecule has 19 heavy (non-hydrogen) atoms. The Labute approximate surface area is 109 Å². The minimum Gasteiger partial charge on any atom is -0.389 e. The highest BCUT2D eigenvalue weighted by molar-refractivity contribution is 5.99. The van der Waals surface area contributed by atoms with E-state index in [1.165, 1.54) is 24.7 Å². The van der Waals surface area contributed by atoms with Crippen LogP contribution in [-0.4, -0.2) is 32.4 Å². The fourth-order valence-corrected chi connectivity index (χ4v) is 1.65. The van der Waals surface area contributed by atoms with E-state index in [-0.39, 0.29) is 18.0 Å². The molecule has 0 bridgehead atoms. The van der Waals surface area contributed by atoms with Gasteiger partial charge in [0.25, 0.3) is 5.78 Å². The summed E-state index contributed by atoms with van der Waals surface area (Å²) < 4.78 is 38.6. The van der Waals surface area contributed by atoms with E-state index < -0.39 is 23.3 Å². The van der Waals surface area contributed by atoms with Gasteiger partial charge in [-0.15, -0.1) is 0 Å². The molecular formula is C12H17F3N2O2. The van der Waals surface area contributed by atoms with Crippen molar-refractivity contribution < 1.29 is 23.1 Å². The molecule has 0 unspecified atom stereocenters. The van der Waals surface area contributed by atoms with Gasteiger partial charge in [-0.3, -0.25) is 9.48 Å². The first kappa shape index (κ1) is 15.7. The number of Topliss-reactive ketones (excluding diaryl/α,β-unsaturated/α-hetero) is 1. The number of aliphatic hydroxyl groups is 1. The van der Waals surface area contributed by atoms with E-state index >= 15 is 0 Å². The normalized spacial score (nSPS) is 13.1. The van der Waals surface area contributed by atoms with Crippen molar-refractivity contribution in [3.05, 3.63) is 17.5 Å². The second-order valence-corrected chi connectivity index (χ2v) is 5.42. The Bertz CT molecular complexity index is 470. The Kier molecular flexibility index (Phi) is 4.09. The number of halogens is 3. The van der Waals surface area contributed by atoms with Gasteiger partial charge in [0.1, 0.15) is 5.69 Å². The number of aromatic nitrogens is 2. The number of nitrogens with zero attached hydrogens (tertiary/aromatic N) is 2. The zero-order valence-corrected chi connectivity index (χ0v) is 11.2. The summed E-state index contributed by atoms with van der Waals surface area (Å²) in [5, 5.41) is 13.3. The molecule has 0 aromatic carbocycles. The highest BCUT2D eigenvalue weighted by Gasteiger charge is 2.42. The standard InChI is InChI=1S/C12H17F3N2O2/c1-7(2)8-5-17(6-11(3,4)19)16-9(8)10(18)12(13,14)15/h5,7,19H,6H2,1-4H3. The van der Waals surface area contributed by atoms with Crippen LogP contribution in [0.15, 0.2) is 6.20 Å². The molecule has 0 radical (unpaired) electrons. The highest BCUT2D eigenvalue weighted by Crippen LogP contribution is 2.26. The maximum Gasteiger partial charge on any atom is 0.456 e. The summed E-state index contributed by atoms with van der Waals surface area (Å²) in [5.41, 5.74) is -1.49. The van der Waals surface area contributed by atoms with Crippen LogP contribution in [0.5, 0.6) is 0 Å². The van der Waals surface area contributed by atoms with Gasteiger partial charge >= 0.3 is 6.18 Å². The second-order valence-electron chi connectivity index (χ2n) is 5.42. The van der Waals surface area contributed by atoms with Gasteiger partial charge in [-0.25, -0.2) is 0 Å². The van der Waals surface area contributed by atoms with Gasteiger partial charge in [0.2, 0.25) is 0 Å². The van der Waals surface area contributed by atoms with Gasteiger partial charge in [-0.2, -0.15) is 18.3 Å². The summed E-state index contributed by atoms with van der Waals surface area (Å²) in [6.45, 7) is 6.39. The number of carbonyl (C=O) groups excluding carboxylic acids is 1. The van der Waals surface area contributed by atoms with Crippen LogP contribution >= 0.6 is 0 Å². The second kappa shape index (κ2) is 4.96. The van der Waals surface area contributed by atoms with Crippen LogP contribution in [0.25, 0.3) is 0 Å². The van der Waals surface area contributed by atoms with Crippen molar-refractivity contribution in [1.82, 2.24) is 9.78 Å². The third kappa shape index (κ3) is 4.05. The molecule has 0 saturated heterocycles. The first-order valence-corrected chi connectivity index (χ1v) is 5.83. The molecule has 0 atom stereocenters. The highest BCUT2D eigenvalue weighted by atomic mass is 19.4. The molecule has 0 aliphatic rings. The van der Waals surface area contributed by atoms with E-state index in [4.69, 9.17) is 0 Å². The lowest BCUT2D eigenvalue weighted by Gasteiger charge is -2.16. The lowest BCUT2D eigenvalue weighted by Crippen LogP contribution is -2.27. The third-order valence-electron chi connectivity index (χ3n) is 2.43. The maximum atomic E-state index is 12.5. The van der Waals surface area contributed by atoms with E-state index in [1.54, 1.807) is 13.8 Å². The first-order valence-electron chi connectivity index (χ1n) is 5.83. The molecule has 0 aliphatic carbocycles. The Morgan fingerprint density at radius 2 is 1.95 bits per heavy atom. The summed E-state index contributed by atoms with van der Waals surface area (Å²) in [4.78, 5) is 11.3. The van der Waals surface area contributed by atoms with E-state index in [0.29, 0.717) is 0 Å². The van der Waals surface area contributed by atoms with Crippen molar-refractivity contribution in [3.63, 3.8) is 0 Å². The van der Waals surface area contributed by atoms with Crippen LogP contribution in [0.1, 0.15) is 49.7 Å². The molecule has 0 spiro atoms. The minimum absolute atomic E-state index is 0.0118. The number of carbonyl (C=O) groups is 1. The average Bonchev–Trinajstić information content (AvgIpc) is 2.56. The molecule has 108 valence electrons. The zero-order valence-electron chi connectivity index (χ0n) is 11.2. The molecule has 1 rings (SSSR count). The first-order chi connectivity index (χ1) is 8.42. The molecule has 0 saturated carbocycles. The summed E-state index contributed by atoms with van der Waals surface area (Å²) in [5.74, 6) is -2.22. The number of hydrogen-bond acceptors (Lipinski definition) is 3. The van der Waals surface area contributed by atoms with Crippen molar-refractivity contribution >= 4 is 5.78 Å². The number of hydrogen-bond donors (Lipinski definition) is 1. The fourth-order valence-electron chi connectivity index (χ4n) is 1.65. The molecule has 1 aromatic rings. The van der Waals surface area contributed by atoms with Crippen molar-refractivity contribution in [1.29, 1.82) is 0 Å². The fraction of sp³-hybridized carbons (Fsp3) is 0.667. The predicted octanol–water partition coefficient (Wildman–Crippen LogP) is 2.52. The zero-order chi connectivity index (χ0) is 15.0. The molecular weight excluding hydrogens is 261 g/mol. The Hall–Kier alpha value is -1.37. The summed E-state index contributed by atoms with van der Waals surface area (Å²) in [6.07, 6.45) is -3.57. The molecule has 7 heteroatoms. The summed E-state index contributed by atoms with van der Waals surface area (Å²) in [6, 6.07) is 0. The van der Waals surface area contributed by atoms with Gasteiger partial charge < -0.3 is 5.11 Å². The summed E-state index contributed by atoms with van der Waals surface area (Å²) >= 11 is 0.